The van der Waals surface area contributed by atoms with Gasteiger partial charge in [-0.2, -0.15) is 19.9 Å². The zero-order valence-corrected chi connectivity index (χ0v) is 25.7. The molecule has 2 N–H and O–H groups in total. The number of carboxylic acids is 2. The van der Waals surface area contributed by atoms with Gasteiger partial charge in [0.15, 0.2) is 0 Å². The first-order chi connectivity index (χ1) is 22.1. The minimum Gasteiger partial charge on any atom is -0.481 e. The Bertz CT molecular complexity index is 1790. The number of hydrogen-bond acceptors (Lipinski definition) is 13. The van der Waals surface area contributed by atoms with Crippen molar-refractivity contribution in [3.63, 3.8) is 0 Å². The highest BCUT2D eigenvalue weighted by Crippen LogP contribution is 2.35. The third-order valence-corrected chi connectivity index (χ3v) is 6.23. The fraction of sp³-hybridized carbons (Fsp3) is 0.167. The minimum atomic E-state index is -1.32. The molecule has 0 atom stereocenters. The summed E-state index contributed by atoms with van der Waals surface area (Å²) < 4.78 is 31.4. The molecule has 5 rings (SSSR count). The Morgan fingerprint density at radius 3 is 1.54 bits per heavy atom. The quantitative estimate of drug-likeness (QED) is 0.192. The molecule has 0 bridgehead atoms. The van der Waals surface area contributed by atoms with Gasteiger partial charge in [0.25, 0.3) is 0 Å². The fourth-order valence-electron chi connectivity index (χ4n) is 3.86. The van der Waals surface area contributed by atoms with Crippen molar-refractivity contribution in [2.24, 2.45) is 0 Å². The molecular weight excluding hydrogens is 626 g/mol. The molecule has 0 fully saturated rings. The standard InChI is InChI=1S/C19H18N4O8.C11H8ClNO2/c1-26-12-8-13(27-2)21-18(20-12)30-10-6-5-7-11(16(10)17(24)25)31-19-22-14(28-3)9-15(23-19)29-4;1-6-4-7-2-3-8(12)9(11(14)15)10(7)13-5-6/h5-9H,1-4H3,(H,24,25);2-5H,1H3,(H,14,15). The number of aromatic carboxylic acids is 2. The maximum atomic E-state index is 12.0. The third-order valence-electron chi connectivity index (χ3n) is 5.91. The summed E-state index contributed by atoms with van der Waals surface area (Å²) in [5.41, 5.74) is 1.18. The average molecular weight is 652 g/mol. The smallest absolute Gasteiger partial charge is 0.343 e. The lowest BCUT2D eigenvalue weighted by atomic mass is 10.1. The summed E-state index contributed by atoms with van der Waals surface area (Å²) in [5, 5.41) is 19.8. The molecule has 0 saturated carbocycles. The van der Waals surface area contributed by atoms with Crippen LogP contribution < -0.4 is 28.4 Å². The van der Waals surface area contributed by atoms with Gasteiger partial charge in [-0.3, -0.25) is 4.98 Å². The molecular formula is C30H26ClN5O10. The van der Waals surface area contributed by atoms with E-state index in [9.17, 15) is 14.7 Å². The van der Waals surface area contributed by atoms with E-state index in [1.165, 1.54) is 58.8 Å². The van der Waals surface area contributed by atoms with Crippen LogP contribution in [-0.4, -0.2) is 75.5 Å². The van der Waals surface area contributed by atoms with Crippen molar-refractivity contribution in [2.75, 3.05) is 28.4 Å². The third kappa shape index (κ3) is 7.75. The average Bonchev–Trinajstić information content (AvgIpc) is 3.04. The van der Waals surface area contributed by atoms with E-state index in [1.807, 2.05) is 13.0 Å². The molecule has 0 spiro atoms. The van der Waals surface area contributed by atoms with Gasteiger partial charge in [-0.05, 0) is 36.8 Å². The number of aryl methyl sites for hydroxylation is 1. The van der Waals surface area contributed by atoms with E-state index in [0.717, 1.165) is 10.9 Å². The summed E-state index contributed by atoms with van der Waals surface area (Å²) in [7, 11) is 5.63. The Balaban J connectivity index is 0.000000266. The van der Waals surface area contributed by atoms with Gasteiger partial charge >= 0.3 is 24.0 Å². The Morgan fingerprint density at radius 1 is 0.674 bits per heavy atom. The van der Waals surface area contributed by atoms with Crippen LogP contribution in [0.15, 0.2) is 54.7 Å². The van der Waals surface area contributed by atoms with Crippen LogP contribution >= 0.6 is 11.6 Å². The van der Waals surface area contributed by atoms with E-state index in [2.05, 4.69) is 24.9 Å². The largest absolute Gasteiger partial charge is 0.481 e. The number of fused-ring (bicyclic) bond motifs is 1. The molecule has 0 aliphatic heterocycles. The Hall–Kier alpha value is -5.96. The van der Waals surface area contributed by atoms with E-state index in [-0.39, 0.29) is 63.2 Å². The predicted molar refractivity (Wildman–Crippen MR) is 162 cm³/mol. The first-order valence-corrected chi connectivity index (χ1v) is 13.4. The Morgan fingerprint density at radius 2 is 1.13 bits per heavy atom. The number of hydrogen-bond donors (Lipinski definition) is 2. The zero-order valence-electron chi connectivity index (χ0n) is 25.0. The van der Waals surface area contributed by atoms with Crippen molar-refractivity contribution in [1.82, 2.24) is 24.9 Å². The Kier molecular flexibility index (Phi) is 10.5. The maximum absolute atomic E-state index is 12.0. The number of ether oxygens (including phenoxy) is 6. The van der Waals surface area contributed by atoms with Gasteiger partial charge < -0.3 is 38.6 Å². The molecule has 2 aromatic carbocycles. The monoisotopic (exact) mass is 651 g/mol. The van der Waals surface area contributed by atoms with Crippen LogP contribution in [0.4, 0.5) is 0 Å². The van der Waals surface area contributed by atoms with Gasteiger partial charge in [-0.25, -0.2) is 9.59 Å². The summed E-state index contributed by atoms with van der Waals surface area (Å²) in [4.78, 5) is 43.2. The molecule has 0 radical (unpaired) electrons. The van der Waals surface area contributed by atoms with Gasteiger partial charge in [0, 0.05) is 11.6 Å². The van der Waals surface area contributed by atoms with Crippen LogP contribution in [0.3, 0.4) is 0 Å². The highest BCUT2D eigenvalue weighted by molar-refractivity contribution is 6.35. The summed E-state index contributed by atoms with van der Waals surface area (Å²) in [6.07, 6.45) is 1.63. The molecule has 0 aliphatic carbocycles. The normalized spacial score (nSPS) is 10.3. The van der Waals surface area contributed by atoms with Gasteiger partial charge in [0.05, 0.1) is 51.1 Å². The molecule has 46 heavy (non-hydrogen) atoms. The van der Waals surface area contributed by atoms with E-state index < -0.39 is 11.9 Å². The zero-order chi connectivity index (χ0) is 33.4. The maximum Gasteiger partial charge on any atom is 0.343 e. The summed E-state index contributed by atoms with van der Waals surface area (Å²) in [6.45, 7) is 1.90. The Labute approximate surface area is 266 Å². The second kappa shape index (κ2) is 14.7. The molecule has 0 aliphatic rings. The van der Waals surface area contributed by atoms with E-state index in [0.29, 0.717) is 5.52 Å². The lowest BCUT2D eigenvalue weighted by Gasteiger charge is -2.13. The number of benzene rings is 2. The summed E-state index contributed by atoms with van der Waals surface area (Å²) >= 11 is 5.82. The number of methoxy groups -OCH3 is 4. The molecule has 5 aromatic rings. The molecule has 16 heteroatoms. The van der Waals surface area contributed by atoms with Crippen molar-refractivity contribution in [3.8, 4) is 47.0 Å². The van der Waals surface area contributed by atoms with E-state index >= 15 is 0 Å². The van der Waals surface area contributed by atoms with Gasteiger partial charge in [0.2, 0.25) is 23.5 Å². The van der Waals surface area contributed by atoms with Crippen LogP contribution in [0.5, 0.6) is 47.0 Å². The molecule has 3 aromatic heterocycles. The minimum absolute atomic E-state index is 0.0640. The number of carbonyl (C=O) groups is 2. The van der Waals surface area contributed by atoms with Crippen molar-refractivity contribution in [1.29, 1.82) is 0 Å². The molecule has 238 valence electrons. The van der Waals surface area contributed by atoms with E-state index in [4.69, 9.17) is 45.1 Å². The molecule has 0 unspecified atom stereocenters. The van der Waals surface area contributed by atoms with E-state index in [1.54, 1.807) is 18.3 Å². The number of carboxylic acid groups (broad SMARTS) is 2. The van der Waals surface area contributed by atoms with Gasteiger partial charge in [-0.15, -0.1) is 0 Å². The molecule has 3 heterocycles. The number of halogens is 1. The van der Waals surface area contributed by atoms with Crippen LogP contribution in [0.25, 0.3) is 10.9 Å². The van der Waals surface area contributed by atoms with Gasteiger partial charge in [-0.1, -0.05) is 23.7 Å². The first-order valence-electron chi connectivity index (χ1n) is 13.0. The molecule has 15 nitrogen and oxygen atoms in total. The number of nitrogens with zero attached hydrogens (tertiary/aromatic N) is 5. The molecule has 0 amide bonds. The van der Waals surface area contributed by atoms with Crippen molar-refractivity contribution in [3.05, 3.63) is 76.4 Å². The predicted octanol–water partition coefficient (Wildman–Crippen LogP) is 5.48. The fourth-order valence-corrected chi connectivity index (χ4v) is 4.09. The highest BCUT2D eigenvalue weighted by atomic mass is 35.5. The van der Waals surface area contributed by atoms with Crippen molar-refractivity contribution in [2.45, 2.75) is 6.92 Å². The van der Waals surface area contributed by atoms with Crippen LogP contribution in [0.2, 0.25) is 5.02 Å². The number of aromatic nitrogens is 5. The van der Waals surface area contributed by atoms with Crippen LogP contribution in [-0.2, 0) is 0 Å². The summed E-state index contributed by atoms with van der Waals surface area (Å²) in [5.74, 6) is -1.88. The SMILES string of the molecule is COc1cc(OC)nc(Oc2cccc(Oc3nc(OC)cc(OC)n3)c2C(=O)O)n1.Cc1cnc2c(C(=O)O)c(Cl)ccc2c1. The number of pyridine rings is 1. The molecule has 0 saturated heterocycles. The van der Waals surface area contributed by atoms with Crippen molar-refractivity contribution < 1.29 is 48.2 Å². The van der Waals surface area contributed by atoms with Crippen LogP contribution in [0, 0.1) is 6.92 Å². The van der Waals surface area contributed by atoms with Gasteiger partial charge in [0.1, 0.15) is 22.6 Å². The first kappa shape index (κ1) is 32.9. The topological polar surface area (TPSA) is 194 Å². The van der Waals surface area contributed by atoms with Crippen molar-refractivity contribution >= 4 is 34.4 Å². The second-order valence-corrected chi connectivity index (χ2v) is 9.33. The highest BCUT2D eigenvalue weighted by Gasteiger charge is 2.22. The second-order valence-electron chi connectivity index (χ2n) is 8.92. The lowest BCUT2D eigenvalue weighted by molar-refractivity contribution is 0.0683. The van der Waals surface area contributed by atoms with Crippen LogP contribution in [0.1, 0.15) is 26.3 Å². The summed E-state index contributed by atoms with van der Waals surface area (Å²) in [6, 6.07) is 12.1. The lowest BCUT2D eigenvalue weighted by Crippen LogP contribution is -2.06. The number of rotatable bonds is 10.